The van der Waals surface area contributed by atoms with E-state index in [-0.39, 0.29) is 6.09 Å². The van der Waals surface area contributed by atoms with Crippen LogP contribution in [0.3, 0.4) is 0 Å². The lowest BCUT2D eigenvalue weighted by Gasteiger charge is -2.34. The number of carbonyl (C=O) groups excluding carboxylic acids is 1. The Kier molecular flexibility index (Phi) is 7.81. The number of hydrogen-bond donors (Lipinski definition) is 1. The number of hydrogen-bond acceptors (Lipinski definition) is 2. The van der Waals surface area contributed by atoms with Gasteiger partial charge in [0.25, 0.3) is 0 Å². The summed E-state index contributed by atoms with van der Waals surface area (Å²) in [6, 6.07) is 0. The first-order valence-corrected chi connectivity index (χ1v) is 7.28. The van der Waals surface area contributed by atoms with Crippen LogP contribution in [0.1, 0.15) is 54.4 Å². The average molecular weight is 269 g/mol. The fourth-order valence-electron chi connectivity index (χ4n) is 2.36. The van der Waals surface area contributed by atoms with Gasteiger partial charge in [-0.05, 0) is 37.5 Å². The Morgan fingerprint density at radius 1 is 1.26 bits per heavy atom. The highest BCUT2D eigenvalue weighted by Crippen LogP contribution is 2.31. The maximum absolute atomic E-state index is 11.8. The molecule has 0 fully saturated rings. The van der Waals surface area contributed by atoms with Crippen LogP contribution in [0.4, 0.5) is 4.79 Å². The Hall–Kier alpha value is -0.990. The van der Waals surface area contributed by atoms with E-state index in [9.17, 15) is 4.79 Å². The third-order valence-electron chi connectivity index (χ3n) is 3.46. The van der Waals surface area contributed by atoms with Crippen molar-refractivity contribution in [2.75, 3.05) is 6.54 Å². The van der Waals surface area contributed by atoms with Gasteiger partial charge in [-0.2, -0.15) is 0 Å². The fraction of sp³-hybridized carbons (Fsp3) is 0.812. The number of rotatable bonds is 8. The first-order chi connectivity index (χ1) is 8.70. The Balaban J connectivity index is 4.66. The molecule has 0 saturated heterocycles. The first kappa shape index (κ1) is 18.0. The summed E-state index contributed by atoms with van der Waals surface area (Å²) in [4.78, 5) is 11.8. The van der Waals surface area contributed by atoms with Crippen LogP contribution in [0, 0.1) is 17.8 Å². The lowest BCUT2D eigenvalue weighted by atomic mass is 9.81. The number of ether oxygens (including phenoxy) is 1. The van der Waals surface area contributed by atoms with Crippen molar-refractivity contribution in [3.63, 3.8) is 0 Å². The molecule has 0 heterocycles. The van der Waals surface area contributed by atoms with Gasteiger partial charge < -0.3 is 10.1 Å². The lowest BCUT2D eigenvalue weighted by Crippen LogP contribution is -2.39. The van der Waals surface area contributed by atoms with Gasteiger partial charge in [-0.25, -0.2) is 4.79 Å². The molecule has 0 aliphatic heterocycles. The standard InChI is InChI=1S/C16H31NO2/c1-8-9-17-15(18)19-16(7,10-12(2)3)11-14(6)13(4)5/h8,12-14H,1,9-11H2,2-7H3,(H,17,18). The zero-order valence-electron chi connectivity index (χ0n) is 13.5. The maximum atomic E-state index is 11.8. The summed E-state index contributed by atoms with van der Waals surface area (Å²) in [5, 5.41) is 2.68. The molecule has 0 aromatic rings. The first-order valence-electron chi connectivity index (χ1n) is 7.28. The fourth-order valence-corrected chi connectivity index (χ4v) is 2.36. The number of alkyl carbamates (subject to hydrolysis) is 1. The van der Waals surface area contributed by atoms with Crippen molar-refractivity contribution in [2.45, 2.75) is 60.0 Å². The smallest absolute Gasteiger partial charge is 0.407 e. The Bertz CT molecular complexity index is 286. The third-order valence-corrected chi connectivity index (χ3v) is 3.46. The molecule has 1 amide bonds. The van der Waals surface area contributed by atoms with Crippen LogP contribution in [0.15, 0.2) is 12.7 Å². The molecular weight excluding hydrogens is 238 g/mol. The summed E-state index contributed by atoms with van der Waals surface area (Å²) in [5.41, 5.74) is -0.400. The molecule has 0 aliphatic carbocycles. The number of carbonyl (C=O) groups is 1. The second-order valence-corrected chi connectivity index (χ2v) is 6.53. The van der Waals surface area contributed by atoms with Crippen LogP contribution in [-0.4, -0.2) is 18.2 Å². The van der Waals surface area contributed by atoms with E-state index in [0.717, 1.165) is 12.8 Å². The highest BCUT2D eigenvalue weighted by atomic mass is 16.6. The van der Waals surface area contributed by atoms with Crippen LogP contribution in [0.2, 0.25) is 0 Å². The normalized spacial score (nSPS) is 16.0. The highest BCUT2D eigenvalue weighted by Gasteiger charge is 2.32. The molecule has 0 aromatic carbocycles. The number of nitrogens with one attached hydrogen (secondary N) is 1. The topological polar surface area (TPSA) is 38.3 Å². The van der Waals surface area contributed by atoms with Crippen molar-refractivity contribution in [3.8, 4) is 0 Å². The van der Waals surface area contributed by atoms with E-state index in [2.05, 4.69) is 46.5 Å². The molecule has 112 valence electrons. The van der Waals surface area contributed by atoms with Crippen LogP contribution in [-0.2, 0) is 4.74 Å². The predicted octanol–water partition coefficient (Wildman–Crippen LogP) is 4.39. The molecule has 3 heteroatoms. The van der Waals surface area contributed by atoms with Crippen molar-refractivity contribution in [1.29, 1.82) is 0 Å². The van der Waals surface area contributed by atoms with Gasteiger partial charge in [-0.1, -0.05) is 40.7 Å². The lowest BCUT2D eigenvalue weighted by molar-refractivity contribution is -0.0104. The quantitative estimate of drug-likeness (QED) is 0.664. The van der Waals surface area contributed by atoms with Crippen molar-refractivity contribution in [3.05, 3.63) is 12.7 Å². The molecule has 0 bridgehead atoms. The summed E-state index contributed by atoms with van der Waals surface area (Å²) < 4.78 is 5.67. The molecule has 0 aliphatic rings. The van der Waals surface area contributed by atoms with Gasteiger partial charge in [0.05, 0.1) is 0 Å². The van der Waals surface area contributed by atoms with E-state index < -0.39 is 5.60 Å². The monoisotopic (exact) mass is 269 g/mol. The molecule has 19 heavy (non-hydrogen) atoms. The average Bonchev–Trinajstić information content (AvgIpc) is 2.24. The molecule has 0 radical (unpaired) electrons. The molecule has 0 rings (SSSR count). The van der Waals surface area contributed by atoms with E-state index in [1.165, 1.54) is 0 Å². The maximum Gasteiger partial charge on any atom is 0.407 e. The molecule has 3 nitrogen and oxygen atoms in total. The van der Waals surface area contributed by atoms with Crippen molar-refractivity contribution >= 4 is 6.09 Å². The highest BCUT2D eigenvalue weighted by molar-refractivity contribution is 5.67. The molecule has 0 spiro atoms. The third kappa shape index (κ3) is 7.91. The van der Waals surface area contributed by atoms with Gasteiger partial charge in [0, 0.05) is 6.54 Å². The molecular formula is C16H31NO2. The van der Waals surface area contributed by atoms with Crippen molar-refractivity contribution in [1.82, 2.24) is 5.32 Å². The Labute approximate surface area is 118 Å². The second kappa shape index (κ2) is 8.23. The van der Waals surface area contributed by atoms with Crippen LogP contribution in [0.25, 0.3) is 0 Å². The largest absolute Gasteiger partial charge is 0.443 e. The van der Waals surface area contributed by atoms with E-state index in [4.69, 9.17) is 4.74 Å². The van der Waals surface area contributed by atoms with E-state index >= 15 is 0 Å². The molecule has 0 aromatic heterocycles. The summed E-state index contributed by atoms with van der Waals surface area (Å²) in [7, 11) is 0. The predicted molar refractivity (Wildman–Crippen MR) is 81.2 cm³/mol. The Morgan fingerprint density at radius 2 is 1.84 bits per heavy atom. The van der Waals surface area contributed by atoms with Gasteiger partial charge in [-0.3, -0.25) is 0 Å². The van der Waals surface area contributed by atoms with Crippen LogP contribution in [0.5, 0.6) is 0 Å². The molecule has 0 saturated carbocycles. The van der Waals surface area contributed by atoms with E-state index in [1.54, 1.807) is 6.08 Å². The molecule has 2 unspecified atom stereocenters. The van der Waals surface area contributed by atoms with Gasteiger partial charge in [0.2, 0.25) is 0 Å². The van der Waals surface area contributed by atoms with Crippen LogP contribution < -0.4 is 5.32 Å². The molecule has 1 N–H and O–H groups in total. The summed E-state index contributed by atoms with van der Waals surface area (Å²) in [6.45, 7) is 17.0. The van der Waals surface area contributed by atoms with Crippen LogP contribution >= 0.6 is 0 Å². The minimum absolute atomic E-state index is 0.348. The van der Waals surface area contributed by atoms with Gasteiger partial charge in [-0.15, -0.1) is 6.58 Å². The van der Waals surface area contributed by atoms with Crippen molar-refractivity contribution in [2.24, 2.45) is 17.8 Å². The Morgan fingerprint density at radius 3 is 2.26 bits per heavy atom. The van der Waals surface area contributed by atoms with E-state index in [1.807, 2.05) is 6.92 Å². The van der Waals surface area contributed by atoms with E-state index in [0.29, 0.717) is 24.3 Å². The SMILES string of the molecule is C=CCNC(=O)OC(C)(CC(C)C)CC(C)C(C)C. The van der Waals surface area contributed by atoms with Gasteiger partial charge in [0.1, 0.15) is 5.60 Å². The zero-order valence-corrected chi connectivity index (χ0v) is 13.5. The zero-order chi connectivity index (χ0) is 15.1. The van der Waals surface area contributed by atoms with Crippen molar-refractivity contribution < 1.29 is 9.53 Å². The summed E-state index contributed by atoms with van der Waals surface area (Å²) in [6.07, 6.45) is 3.08. The number of amides is 1. The second-order valence-electron chi connectivity index (χ2n) is 6.53. The summed E-state index contributed by atoms with van der Waals surface area (Å²) >= 11 is 0. The molecule has 2 atom stereocenters. The minimum Gasteiger partial charge on any atom is -0.443 e. The van der Waals surface area contributed by atoms with Gasteiger partial charge >= 0.3 is 6.09 Å². The van der Waals surface area contributed by atoms with Gasteiger partial charge in [0.15, 0.2) is 0 Å². The summed E-state index contributed by atoms with van der Waals surface area (Å²) in [5.74, 6) is 1.61. The minimum atomic E-state index is -0.400.